The number of hydrogen-bond donors (Lipinski definition) is 0. The fraction of sp³-hybridized carbons (Fsp3) is 0.294. The number of aryl methyl sites for hydroxylation is 1. The van der Waals surface area contributed by atoms with E-state index in [4.69, 9.17) is 16.3 Å². The fourth-order valence-electron chi connectivity index (χ4n) is 3.01. The molecule has 2 aromatic heterocycles. The number of hydrogen-bond acceptors (Lipinski definition) is 5. The van der Waals surface area contributed by atoms with Crippen LogP contribution in [0, 0.1) is 6.92 Å². The first-order valence-electron chi connectivity index (χ1n) is 7.57. The quantitative estimate of drug-likeness (QED) is 0.699. The van der Waals surface area contributed by atoms with Crippen LogP contribution in [0.5, 0.6) is 0 Å². The van der Waals surface area contributed by atoms with Gasteiger partial charge in [0.05, 0.1) is 18.6 Å². The molecular weight excluding hydrogens is 330 g/mol. The van der Waals surface area contributed by atoms with Gasteiger partial charge in [-0.15, -0.1) is 11.3 Å². The molecule has 0 bridgehead atoms. The average Bonchev–Trinajstić information content (AvgIpc) is 2.92. The lowest BCUT2D eigenvalue weighted by atomic mass is 10.0. The Morgan fingerprint density at radius 1 is 1.13 bits per heavy atom. The Hall–Kier alpha value is -1.69. The van der Waals surface area contributed by atoms with Gasteiger partial charge in [-0.25, -0.2) is 9.97 Å². The molecule has 0 N–H and O–H groups in total. The van der Waals surface area contributed by atoms with Crippen molar-refractivity contribution in [3.05, 3.63) is 40.5 Å². The molecule has 6 heteroatoms. The third kappa shape index (κ3) is 2.69. The second-order valence-corrected chi connectivity index (χ2v) is 7.16. The van der Waals surface area contributed by atoms with Crippen molar-refractivity contribution in [3.8, 4) is 11.1 Å². The molecule has 23 heavy (non-hydrogen) atoms. The Morgan fingerprint density at radius 2 is 1.87 bits per heavy atom. The maximum absolute atomic E-state index is 6.04. The number of thiophene rings is 1. The molecule has 118 valence electrons. The van der Waals surface area contributed by atoms with E-state index < -0.39 is 0 Å². The van der Waals surface area contributed by atoms with E-state index in [1.807, 2.05) is 12.1 Å². The number of fused-ring (bicyclic) bond motifs is 1. The van der Waals surface area contributed by atoms with E-state index in [1.54, 1.807) is 17.7 Å². The summed E-state index contributed by atoms with van der Waals surface area (Å²) < 4.78 is 5.47. The monoisotopic (exact) mass is 345 g/mol. The molecule has 1 saturated heterocycles. The lowest BCUT2D eigenvalue weighted by molar-refractivity contribution is 0.122. The number of halogens is 1. The summed E-state index contributed by atoms with van der Waals surface area (Å²) in [5.41, 5.74) is 2.37. The van der Waals surface area contributed by atoms with E-state index in [2.05, 4.69) is 33.9 Å². The Morgan fingerprint density at radius 3 is 2.61 bits per heavy atom. The standard InChI is InChI=1S/C17H16ClN3OS/c1-11-14(12-2-4-13(18)5-3-12)15-16(19-10-20-17(15)23-11)21-6-8-22-9-7-21/h2-5,10H,6-9H2,1H3. The van der Waals surface area contributed by atoms with Crippen LogP contribution in [0.25, 0.3) is 21.3 Å². The lowest BCUT2D eigenvalue weighted by Crippen LogP contribution is -2.36. The van der Waals surface area contributed by atoms with Gasteiger partial charge in [-0.1, -0.05) is 23.7 Å². The van der Waals surface area contributed by atoms with E-state index in [1.165, 1.54) is 10.4 Å². The Bertz CT molecular complexity index is 841. The van der Waals surface area contributed by atoms with Crippen molar-refractivity contribution in [2.24, 2.45) is 0 Å². The second kappa shape index (κ2) is 6.07. The molecule has 0 spiro atoms. The zero-order valence-corrected chi connectivity index (χ0v) is 14.3. The number of rotatable bonds is 2. The third-order valence-electron chi connectivity index (χ3n) is 4.09. The van der Waals surface area contributed by atoms with Gasteiger partial charge in [0, 0.05) is 28.6 Å². The number of benzene rings is 1. The van der Waals surface area contributed by atoms with E-state index in [-0.39, 0.29) is 0 Å². The minimum Gasteiger partial charge on any atom is -0.378 e. The number of aromatic nitrogens is 2. The summed E-state index contributed by atoms with van der Waals surface area (Å²) in [6, 6.07) is 7.98. The highest BCUT2D eigenvalue weighted by molar-refractivity contribution is 7.19. The largest absolute Gasteiger partial charge is 0.378 e. The van der Waals surface area contributed by atoms with Gasteiger partial charge in [0.15, 0.2) is 0 Å². The van der Waals surface area contributed by atoms with Crippen molar-refractivity contribution in [1.29, 1.82) is 0 Å². The molecule has 1 aliphatic rings. The van der Waals surface area contributed by atoms with Crippen molar-refractivity contribution in [2.45, 2.75) is 6.92 Å². The van der Waals surface area contributed by atoms with Crippen molar-refractivity contribution in [1.82, 2.24) is 9.97 Å². The molecule has 1 aromatic carbocycles. The summed E-state index contributed by atoms with van der Waals surface area (Å²) >= 11 is 7.75. The molecule has 4 nitrogen and oxygen atoms in total. The smallest absolute Gasteiger partial charge is 0.141 e. The minimum absolute atomic E-state index is 0.741. The van der Waals surface area contributed by atoms with Crippen LogP contribution in [-0.2, 0) is 4.74 Å². The minimum atomic E-state index is 0.741. The van der Waals surface area contributed by atoms with E-state index >= 15 is 0 Å². The summed E-state index contributed by atoms with van der Waals surface area (Å²) in [5.74, 6) is 1.01. The van der Waals surface area contributed by atoms with Gasteiger partial charge in [-0.05, 0) is 24.6 Å². The van der Waals surface area contributed by atoms with Gasteiger partial charge in [0.1, 0.15) is 17.0 Å². The highest BCUT2D eigenvalue weighted by Crippen LogP contribution is 2.41. The van der Waals surface area contributed by atoms with Gasteiger partial charge < -0.3 is 9.64 Å². The molecule has 0 atom stereocenters. The molecule has 0 radical (unpaired) electrons. The first-order valence-corrected chi connectivity index (χ1v) is 8.76. The Balaban J connectivity index is 1.92. The highest BCUT2D eigenvalue weighted by atomic mass is 35.5. The van der Waals surface area contributed by atoms with Crippen LogP contribution in [-0.4, -0.2) is 36.3 Å². The van der Waals surface area contributed by atoms with Gasteiger partial charge in [0.25, 0.3) is 0 Å². The van der Waals surface area contributed by atoms with Crippen molar-refractivity contribution >= 4 is 39.0 Å². The van der Waals surface area contributed by atoms with Crippen LogP contribution in [0.4, 0.5) is 5.82 Å². The Kier molecular flexibility index (Phi) is 3.93. The van der Waals surface area contributed by atoms with Gasteiger partial charge in [-0.2, -0.15) is 0 Å². The van der Waals surface area contributed by atoms with Gasteiger partial charge in [0.2, 0.25) is 0 Å². The summed E-state index contributed by atoms with van der Waals surface area (Å²) in [4.78, 5) is 13.6. The van der Waals surface area contributed by atoms with Crippen LogP contribution in [0.3, 0.4) is 0 Å². The molecule has 3 aromatic rings. The molecule has 0 aliphatic carbocycles. The molecule has 1 aliphatic heterocycles. The number of nitrogens with zero attached hydrogens (tertiary/aromatic N) is 3. The zero-order chi connectivity index (χ0) is 15.8. The first kappa shape index (κ1) is 14.9. The van der Waals surface area contributed by atoms with Crippen molar-refractivity contribution in [3.63, 3.8) is 0 Å². The van der Waals surface area contributed by atoms with E-state index in [9.17, 15) is 0 Å². The third-order valence-corrected chi connectivity index (χ3v) is 5.35. The summed E-state index contributed by atoms with van der Waals surface area (Å²) in [6.45, 7) is 5.34. The molecule has 0 saturated carbocycles. The van der Waals surface area contributed by atoms with Gasteiger partial charge in [-0.3, -0.25) is 0 Å². The predicted molar refractivity (Wildman–Crippen MR) is 95.6 cm³/mol. The van der Waals surface area contributed by atoms with E-state index in [0.717, 1.165) is 52.9 Å². The van der Waals surface area contributed by atoms with E-state index in [0.29, 0.717) is 0 Å². The number of ether oxygens (including phenoxy) is 1. The number of morpholine rings is 1. The average molecular weight is 346 g/mol. The van der Waals surface area contributed by atoms with Crippen LogP contribution in [0.2, 0.25) is 5.02 Å². The topological polar surface area (TPSA) is 38.2 Å². The van der Waals surface area contributed by atoms with Crippen LogP contribution >= 0.6 is 22.9 Å². The van der Waals surface area contributed by atoms with Crippen LogP contribution in [0.1, 0.15) is 4.88 Å². The molecular formula is C17H16ClN3OS. The zero-order valence-electron chi connectivity index (χ0n) is 12.8. The maximum atomic E-state index is 6.04. The molecule has 0 amide bonds. The highest BCUT2D eigenvalue weighted by Gasteiger charge is 2.21. The number of anilines is 1. The molecule has 4 rings (SSSR count). The Labute approximate surface area is 143 Å². The molecule has 3 heterocycles. The summed E-state index contributed by atoms with van der Waals surface area (Å²) in [5, 5.41) is 1.88. The SMILES string of the molecule is Cc1sc2ncnc(N3CCOCC3)c2c1-c1ccc(Cl)cc1. The fourth-order valence-corrected chi connectivity index (χ4v) is 4.14. The normalized spacial score (nSPS) is 15.3. The van der Waals surface area contributed by atoms with Crippen molar-refractivity contribution < 1.29 is 4.74 Å². The van der Waals surface area contributed by atoms with Gasteiger partial charge >= 0.3 is 0 Å². The summed E-state index contributed by atoms with van der Waals surface area (Å²) in [6.07, 6.45) is 1.66. The molecule has 1 fully saturated rings. The first-order chi connectivity index (χ1) is 11.2. The lowest BCUT2D eigenvalue weighted by Gasteiger charge is -2.28. The van der Waals surface area contributed by atoms with Crippen molar-refractivity contribution in [2.75, 3.05) is 31.2 Å². The molecule has 0 unspecified atom stereocenters. The maximum Gasteiger partial charge on any atom is 0.141 e. The van der Waals surface area contributed by atoms with Crippen LogP contribution in [0.15, 0.2) is 30.6 Å². The predicted octanol–water partition coefficient (Wildman–Crippen LogP) is 4.16. The second-order valence-electron chi connectivity index (χ2n) is 5.52. The van der Waals surface area contributed by atoms with Crippen LogP contribution < -0.4 is 4.90 Å². The summed E-state index contributed by atoms with van der Waals surface area (Å²) in [7, 11) is 0.